The van der Waals surface area contributed by atoms with Crippen molar-refractivity contribution in [3.63, 3.8) is 0 Å². The topological polar surface area (TPSA) is 96.0 Å². The maximum Gasteiger partial charge on any atom is 0.264 e. The van der Waals surface area contributed by atoms with Gasteiger partial charge in [-0.2, -0.15) is 0 Å². The Hall–Kier alpha value is -3.57. The van der Waals surface area contributed by atoms with Crippen molar-refractivity contribution in [3.8, 4) is 5.75 Å². The molecule has 3 aromatic carbocycles. The second-order valence-electron chi connectivity index (χ2n) is 8.55. The third-order valence-electron chi connectivity index (χ3n) is 6.04. The molecule has 11 heteroatoms. The van der Waals surface area contributed by atoms with E-state index >= 15 is 0 Å². The van der Waals surface area contributed by atoms with E-state index < -0.39 is 40.2 Å². The first-order valence-electron chi connectivity index (χ1n) is 12.3. The molecule has 0 radical (unpaired) electrons. The van der Waals surface area contributed by atoms with E-state index in [4.69, 9.17) is 4.74 Å². The van der Waals surface area contributed by atoms with Crippen molar-refractivity contribution in [1.82, 2.24) is 10.2 Å². The minimum Gasteiger partial charge on any atom is -0.494 e. The van der Waals surface area contributed by atoms with Crippen molar-refractivity contribution in [2.75, 3.05) is 30.8 Å². The Kier molecular flexibility index (Phi) is 10.4. The first kappa shape index (κ1) is 30.0. The fraction of sp³-hybridized carbons (Fsp3) is 0.286. The van der Waals surface area contributed by atoms with E-state index in [-0.39, 0.29) is 17.1 Å². The number of nitrogens with zero attached hydrogens (tertiary/aromatic N) is 2. The van der Waals surface area contributed by atoms with Crippen molar-refractivity contribution >= 4 is 39.3 Å². The van der Waals surface area contributed by atoms with Gasteiger partial charge in [-0.25, -0.2) is 12.8 Å². The number of anilines is 1. The van der Waals surface area contributed by atoms with Crippen LogP contribution in [0.3, 0.4) is 0 Å². The number of likely N-dealkylation sites (N-methyl/N-ethyl adjacent to an activating group) is 1. The highest BCUT2D eigenvalue weighted by molar-refractivity contribution is 7.98. The monoisotopic (exact) mass is 573 g/mol. The van der Waals surface area contributed by atoms with Crippen molar-refractivity contribution in [2.24, 2.45) is 0 Å². The molecule has 0 aliphatic heterocycles. The molecular formula is C28H32FN3O5S2. The summed E-state index contributed by atoms with van der Waals surface area (Å²) in [4.78, 5) is 28.5. The molecule has 0 heterocycles. The Morgan fingerprint density at radius 3 is 2.15 bits per heavy atom. The highest BCUT2D eigenvalue weighted by Crippen LogP contribution is 2.28. The van der Waals surface area contributed by atoms with Gasteiger partial charge in [0.2, 0.25) is 11.8 Å². The molecule has 0 aromatic heterocycles. The second kappa shape index (κ2) is 13.5. The van der Waals surface area contributed by atoms with E-state index in [9.17, 15) is 22.4 Å². The number of amides is 2. The van der Waals surface area contributed by atoms with E-state index in [1.54, 1.807) is 43.3 Å². The second-order valence-corrected chi connectivity index (χ2v) is 11.3. The van der Waals surface area contributed by atoms with Crippen LogP contribution in [0.25, 0.3) is 0 Å². The number of benzene rings is 3. The predicted molar refractivity (Wildman–Crippen MR) is 151 cm³/mol. The van der Waals surface area contributed by atoms with E-state index in [2.05, 4.69) is 5.32 Å². The van der Waals surface area contributed by atoms with Crippen LogP contribution in [0.1, 0.15) is 19.4 Å². The molecule has 3 aromatic rings. The van der Waals surface area contributed by atoms with E-state index in [1.165, 1.54) is 60.1 Å². The molecule has 0 aliphatic carbocycles. The van der Waals surface area contributed by atoms with Crippen LogP contribution in [0.15, 0.2) is 82.6 Å². The highest BCUT2D eigenvalue weighted by atomic mass is 32.2. The number of thioether (sulfide) groups is 1. The Balaban J connectivity index is 2.02. The summed E-state index contributed by atoms with van der Waals surface area (Å²) in [7, 11) is -2.72. The molecule has 0 unspecified atom stereocenters. The predicted octanol–water partition coefficient (Wildman–Crippen LogP) is 4.30. The molecule has 0 aliphatic rings. The smallest absolute Gasteiger partial charge is 0.264 e. The van der Waals surface area contributed by atoms with Gasteiger partial charge in [-0.15, -0.1) is 11.8 Å². The van der Waals surface area contributed by atoms with E-state index in [0.29, 0.717) is 17.9 Å². The average molecular weight is 574 g/mol. The number of hydrogen-bond acceptors (Lipinski definition) is 6. The zero-order valence-corrected chi connectivity index (χ0v) is 23.9. The minimum atomic E-state index is -4.18. The number of hydrogen-bond donors (Lipinski definition) is 1. The summed E-state index contributed by atoms with van der Waals surface area (Å²) in [5, 5.41) is 2.52. The Labute approximate surface area is 233 Å². The molecule has 39 heavy (non-hydrogen) atoms. The number of sulfonamides is 1. The van der Waals surface area contributed by atoms with Gasteiger partial charge in [-0.1, -0.05) is 12.1 Å². The van der Waals surface area contributed by atoms with Crippen molar-refractivity contribution < 1.29 is 27.1 Å². The van der Waals surface area contributed by atoms with Crippen molar-refractivity contribution in [3.05, 3.63) is 84.2 Å². The van der Waals surface area contributed by atoms with Gasteiger partial charge in [-0.3, -0.25) is 13.9 Å². The lowest BCUT2D eigenvalue weighted by molar-refractivity contribution is -0.139. The molecule has 0 saturated carbocycles. The van der Waals surface area contributed by atoms with Gasteiger partial charge < -0.3 is 15.0 Å². The van der Waals surface area contributed by atoms with Crippen LogP contribution in [0.5, 0.6) is 5.75 Å². The summed E-state index contributed by atoms with van der Waals surface area (Å²) in [5.41, 5.74) is 0.846. The number of halogens is 1. The van der Waals surface area contributed by atoms with Gasteiger partial charge in [0, 0.05) is 18.5 Å². The molecule has 0 saturated heterocycles. The first-order chi connectivity index (χ1) is 18.6. The summed E-state index contributed by atoms with van der Waals surface area (Å²) in [6.07, 6.45) is 1.89. The summed E-state index contributed by atoms with van der Waals surface area (Å²) in [6.45, 7) is 3.25. The quantitative estimate of drug-likeness (QED) is 0.325. The van der Waals surface area contributed by atoms with Crippen LogP contribution < -0.4 is 14.4 Å². The lowest BCUT2D eigenvalue weighted by atomic mass is 10.1. The largest absolute Gasteiger partial charge is 0.494 e. The van der Waals surface area contributed by atoms with E-state index in [1.807, 2.05) is 13.2 Å². The lowest BCUT2D eigenvalue weighted by Crippen LogP contribution is -2.50. The summed E-state index contributed by atoms with van der Waals surface area (Å²) in [5.74, 6) is -0.904. The van der Waals surface area contributed by atoms with Crippen LogP contribution in [-0.2, 0) is 26.2 Å². The molecule has 8 nitrogen and oxygen atoms in total. The zero-order valence-electron chi connectivity index (χ0n) is 22.3. The van der Waals surface area contributed by atoms with Crippen LogP contribution in [0.4, 0.5) is 10.1 Å². The van der Waals surface area contributed by atoms with Gasteiger partial charge in [-0.05, 0) is 86.3 Å². The maximum atomic E-state index is 13.9. The molecule has 0 bridgehead atoms. The number of carbonyl (C=O) groups excluding carboxylic acids is 2. The normalized spacial score (nSPS) is 11.9. The van der Waals surface area contributed by atoms with Gasteiger partial charge in [0.15, 0.2) is 0 Å². The summed E-state index contributed by atoms with van der Waals surface area (Å²) >= 11 is 1.48. The van der Waals surface area contributed by atoms with Gasteiger partial charge in [0.05, 0.1) is 17.2 Å². The molecule has 1 N–H and O–H groups in total. The highest BCUT2D eigenvalue weighted by Gasteiger charge is 2.32. The fourth-order valence-electron chi connectivity index (χ4n) is 3.86. The lowest BCUT2D eigenvalue weighted by Gasteiger charge is -2.31. The molecular weight excluding hydrogens is 541 g/mol. The van der Waals surface area contributed by atoms with Crippen LogP contribution in [0.2, 0.25) is 0 Å². The van der Waals surface area contributed by atoms with Crippen molar-refractivity contribution in [1.29, 1.82) is 0 Å². The Morgan fingerprint density at radius 2 is 1.62 bits per heavy atom. The van der Waals surface area contributed by atoms with Crippen LogP contribution in [-0.4, -0.2) is 57.6 Å². The van der Waals surface area contributed by atoms with Gasteiger partial charge >= 0.3 is 0 Å². The standard InChI is InChI=1S/C28H32FN3O5S2/c1-5-37-24-12-10-23(11-13-24)32(39(35,36)26-16-14-25(38-4)15-17-26)19-27(33)31(20(2)28(34)30-3)18-21-6-8-22(29)9-7-21/h6-17,20H,5,18-19H2,1-4H3,(H,30,34)/t20-/m0/s1. The number of ether oxygens (including phenoxy) is 1. The molecule has 1 atom stereocenters. The number of rotatable bonds is 12. The summed E-state index contributed by atoms with van der Waals surface area (Å²) in [6, 6.07) is 17.4. The number of carbonyl (C=O) groups is 2. The number of nitrogens with one attached hydrogen (secondary N) is 1. The fourth-order valence-corrected chi connectivity index (χ4v) is 5.68. The molecule has 2 amide bonds. The molecule has 0 fully saturated rings. The molecule has 208 valence electrons. The Bertz CT molecular complexity index is 1370. The molecule has 3 rings (SSSR count). The van der Waals surface area contributed by atoms with Crippen LogP contribution in [0, 0.1) is 5.82 Å². The maximum absolute atomic E-state index is 13.9. The summed E-state index contributed by atoms with van der Waals surface area (Å²) < 4.78 is 47.7. The first-order valence-corrected chi connectivity index (χ1v) is 14.9. The Morgan fingerprint density at radius 1 is 1.00 bits per heavy atom. The van der Waals surface area contributed by atoms with Crippen molar-refractivity contribution in [2.45, 2.75) is 36.2 Å². The average Bonchev–Trinajstić information content (AvgIpc) is 2.95. The molecule has 0 spiro atoms. The zero-order chi connectivity index (χ0) is 28.6. The minimum absolute atomic E-state index is 0.0198. The van der Waals surface area contributed by atoms with Crippen LogP contribution >= 0.6 is 11.8 Å². The SMILES string of the molecule is CCOc1ccc(N(CC(=O)N(Cc2ccc(F)cc2)[C@@H](C)C(=O)NC)S(=O)(=O)c2ccc(SC)cc2)cc1. The van der Waals surface area contributed by atoms with E-state index in [0.717, 1.165) is 9.20 Å². The third-order valence-corrected chi connectivity index (χ3v) is 8.57. The van der Waals surface area contributed by atoms with Gasteiger partial charge in [0.1, 0.15) is 24.2 Å². The van der Waals surface area contributed by atoms with Gasteiger partial charge in [0.25, 0.3) is 10.0 Å². The third kappa shape index (κ3) is 7.51.